The standard InChI is InChI=1S/C29H44N6O6SSi/c1-7-22-18-40-12-11-34(22)27-15-21(19-42(38,39)8-2)30-28(32-27)24-9-10-26-25(31-24)16-23(17-33(3)29(36)37)35(26)20-41-13-14-43(4,5)6/h9-10,15-16,22H,7-8,11-14,17-20H2,1-6H3,(H,36,37). The zero-order valence-corrected chi connectivity index (χ0v) is 27.9. The molecule has 1 saturated heterocycles. The zero-order chi connectivity index (χ0) is 31.4. The average Bonchev–Trinajstić information content (AvgIpc) is 3.30. The monoisotopic (exact) mass is 632 g/mol. The van der Waals surface area contributed by atoms with E-state index in [1.54, 1.807) is 13.0 Å². The fourth-order valence-corrected chi connectivity index (χ4v) is 6.45. The number of anilines is 1. The van der Waals surface area contributed by atoms with Crippen molar-refractivity contribution in [3.05, 3.63) is 35.7 Å². The van der Waals surface area contributed by atoms with Crippen molar-refractivity contribution in [2.24, 2.45) is 0 Å². The van der Waals surface area contributed by atoms with Crippen LogP contribution in [0.5, 0.6) is 0 Å². The Kier molecular flexibility index (Phi) is 10.5. The second kappa shape index (κ2) is 13.7. The van der Waals surface area contributed by atoms with E-state index in [1.165, 1.54) is 11.9 Å². The lowest BCUT2D eigenvalue weighted by molar-refractivity contribution is 0.0865. The predicted octanol–water partition coefficient (Wildman–Crippen LogP) is 4.47. The van der Waals surface area contributed by atoms with Gasteiger partial charge in [-0.05, 0) is 30.7 Å². The van der Waals surface area contributed by atoms with Crippen LogP contribution in [0.25, 0.3) is 22.6 Å². The Hall–Kier alpha value is -3.07. The third-order valence-electron chi connectivity index (χ3n) is 7.58. The molecule has 4 heterocycles. The Bertz CT molecular complexity index is 1540. The highest BCUT2D eigenvalue weighted by Gasteiger charge is 2.25. The highest BCUT2D eigenvalue weighted by molar-refractivity contribution is 7.90. The summed E-state index contributed by atoms with van der Waals surface area (Å²) in [6, 6.07) is 8.49. The summed E-state index contributed by atoms with van der Waals surface area (Å²) < 4.78 is 38.8. The minimum atomic E-state index is -3.34. The van der Waals surface area contributed by atoms with Gasteiger partial charge in [-0.15, -0.1) is 0 Å². The Morgan fingerprint density at radius 2 is 1.95 bits per heavy atom. The van der Waals surface area contributed by atoms with E-state index in [0.717, 1.165) is 23.7 Å². The number of hydrogen-bond acceptors (Lipinski definition) is 9. The molecule has 0 aliphatic carbocycles. The van der Waals surface area contributed by atoms with Crippen molar-refractivity contribution in [2.45, 2.75) is 71.0 Å². The first kappa shape index (κ1) is 32.8. The van der Waals surface area contributed by atoms with Crippen molar-refractivity contribution in [1.29, 1.82) is 0 Å². The number of carboxylic acid groups (broad SMARTS) is 1. The quantitative estimate of drug-likeness (QED) is 0.212. The summed E-state index contributed by atoms with van der Waals surface area (Å²) in [5.41, 5.74) is 3.12. The van der Waals surface area contributed by atoms with Gasteiger partial charge in [-0.3, -0.25) is 0 Å². The van der Waals surface area contributed by atoms with Gasteiger partial charge in [-0.1, -0.05) is 33.5 Å². The van der Waals surface area contributed by atoms with E-state index in [0.29, 0.717) is 54.9 Å². The maximum Gasteiger partial charge on any atom is 0.407 e. The molecule has 4 rings (SSSR count). The Morgan fingerprint density at radius 1 is 1.19 bits per heavy atom. The molecule has 3 aromatic rings. The molecule has 12 nitrogen and oxygen atoms in total. The molecule has 3 aromatic heterocycles. The highest BCUT2D eigenvalue weighted by Crippen LogP contribution is 2.27. The van der Waals surface area contributed by atoms with Crippen LogP contribution in [0.15, 0.2) is 24.3 Å². The van der Waals surface area contributed by atoms with Gasteiger partial charge in [0.1, 0.15) is 18.2 Å². The van der Waals surface area contributed by atoms with Gasteiger partial charge in [0.05, 0.1) is 48.3 Å². The van der Waals surface area contributed by atoms with Crippen LogP contribution < -0.4 is 4.90 Å². The summed E-state index contributed by atoms with van der Waals surface area (Å²) >= 11 is 0. The molecule has 1 amide bonds. The zero-order valence-electron chi connectivity index (χ0n) is 26.0. The minimum Gasteiger partial charge on any atom is -0.465 e. The molecule has 1 atom stereocenters. The summed E-state index contributed by atoms with van der Waals surface area (Å²) in [5.74, 6) is 0.819. The van der Waals surface area contributed by atoms with E-state index in [1.807, 2.05) is 22.8 Å². The number of rotatable bonds is 13. The van der Waals surface area contributed by atoms with E-state index in [-0.39, 0.29) is 30.8 Å². The fraction of sp³-hybridized carbons (Fsp3) is 0.586. The average molecular weight is 633 g/mol. The molecule has 0 aromatic carbocycles. The van der Waals surface area contributed by atoms with Crippen LogP contribution in [0, 0.1) is 0 Å². The van der Waals surface area contributed by atoms with Crippen molar-refractivity contribution < 1.29 is 27.8 Å². The second-order valence-electron chi connectivity index (χ2n) is 12.2. The molecule has 1 aliphatic heterocycles. The van der Waals surface area contributed by atoms with Crippen LogP contribution in [0.3, 0.4) is 0 Å². The van der Waals surface area contributed by atoms with Crippen LogP contribution in [0.4, 0.5) is 10.6 Å². The van der Waals surface area contributed by atoms with Crippen LogP contribution in [0.1, 0.15) is 31.7 Å². The fourth-order valence-electron chi connectivity index (χ4n) is 4.89. The largest absolute Gasteiger partial charge is 0.465 e. The molecule has 14 heteroatoms. The molecule has 236 valence electrons. The smallest absolute Gasteiger partial charge is 0.407 e. The molecule has 1 N–H and O–H groups in total. The Labute approximate surface area is 255 Å². The molecule has 1 aliphatic rings. The van der Waals surface area contributed by atoms with Gasteiger partial charge in [-0.25, -0.2) is 28.2 Å². The molecular weight excluding hydrogens is 589 g/mol. The van der Waals surface area contributed by atoms with E-state index in [2.05, 4.69) is 36.4 Å². The minimum absolute atomic E-state index is 0.0160. The van der Waals surface area contributed by atoms with Crippen molar-refractivity contribution in [2.75, 3.05) is 44.1 Å². The van der Waals surface area contributed by atoms with E-state index < -0.39 is 24.0 Å². The molecule has 0 spiro atoms. The van der Waals surface area contributed by atoms with Gasteiger partial charge < -0.3 is 28.9 Å². The third-order valence-corrected chi connectivity index (χ3v) is 10.9. The summed E-state index contributed by atoms with van der Waals surface area (Å²) in [7, 11) is -3.09. The van der Waals surface area contributed by atoms with Gasteiger partial charge in [0.25, 0.3) is 0 Å². The summed E-state index contributed by atoms with van der Waals surface area (Å²) in [5, 5.41) is 9.50. The lowest BCUT2D eigenvalue weighted by Gasteiger charge is -2.36. The number of morpholine rings is 1. The molecule has 0 bridgehead atoms. The predicted molar refractivity (Wildman–Crippen MR) is 170 cm³/mol. The molecule has 43 heavy (non-hydrogen) atoms. The van der Waals surface area contributed by atoms with Gasteiger partial charge >= 0.3 is 6.09 Å². The number of nitrogens with zero attached hydrogens (tertiary/aromatic N) is 6. The summed E-state index contributed by atoms with van der Waals surface area (Å²) in [6.45, 7) is 13.4. The second-order valence-corrected chi connectivity index (χ2v) is 20.2. The van der Waals surface area contributed by atoms with Crippen molar-refractivity contribution in [3.63, 3.8) is 0 Å². The lowest BCUT2D eigenvalue weighted by atomic mass is 10.1. The summed E-state index contributed by atoms with van der Waals surface area (Å²) in [4.78, 5) is 29.4. The highest BCUT2D eigenvalue weighted by atomic mass is 32.2. The molecular formula is C29H44N6O6SSi. The Morgan fingerprint density at radius 3 is 2.63 bits per heavy atom. The summed E-state index contributed by atoms with van der Waals surface area (Å²) in [6.07, 6.45) is -0.175. The number of pyridine rings is 1. The lowest BCUT2D eigenvalue weighted by Crippen LogP contribution is -2.45. The topological polar surface area (TPSA) is 140 Å². The van der Waals surface area contributed by atoms with Crippen molar-refractivity contribution in [1.82, 2.24) is 24.4 Å². The number of aromatic nitrogens is 4. The number of hydrogen-bond donors (Lipinski definition) is 1. The first-order valence-electron chi connectivity index (χ1n) is 14.7. The van der Waals surface area contributed by atoms with Crippen molar-refractivity contribution >= 4 is 40.9 Å². The maximum atomic E-state index is 12.6. The number of sulfone groups is 1. The van der Waals surface area contributed by atoms with Crippen LogP contribution >= 0.6 is 0 Å². The molecule has 1 fully saturated rings. The van der Waals surface area contributed by atoms with Gasteiger partial charge in [0.15, 0.2) is 15.7 Å². The third kappa shape index (κ3) is 8.52. The number of fused-ring (bicyclic) bond motifs is 1. The first-order valence-corrected chi connectivity index (χ1v) is 20.3. The van der Waals surface area contributed by atoms with Crippen molar-refractivity contribution in [3.8, 4) is 11.5 Å². The maximum absolute atomic E-state index is 12.6. The van der Waals surface area contributed by atoms with E-state index in [4.69, 9.17) is 19.4 Å². The van der Waals surface area contributed by atoms with Crippen LogP contribution in [0.2, 0.25) is 25.7 Å². The normalized spacial score (nSPS) is 16.1. The Balaban J connectivity index is 1.75. The van der Waals surface area contributed by atoms with Gasteiger partial charge in [0, 0.05) is 45.8 Å². The van der Waals surface area contributed by atoms with Gasteiger partial charge in [0.2, 0.25) is 0 Å². The van der Waals surface area contributed by atoms with E-state index in [9.17, 15) is 18.3 Å². The van der Waals surface area contributed by atoms with Crippen LogP contribution in [-0.4, -0.2) is 97.3 Å². The van der Waals surface area contributed by atoms with Crippen LogP contribution in [-0.2, 0) is 38.3 Å². The first-order chi connectivity index (χ1) is 20.3. The SMILES string of the molecule is CCC1COCCN1c1cc(CS(=O)(=O)CC)nc(-c2ccc3c(cc(CN(C)C(=O)O)n3COCC[Si](C)(C)C)n2)n1. The molecule has 0 saturated carbocycles. The molecule has 1 unspecified atom stereocenters. The molecule has 0 radical (unpaired) electrons. The number of carbonyl (C=O) groups is 1. The number of ether oxygens (including phenoxy) is 2. The van der Waals surface area contributed by atoms with Gasteiger partial charge in [-0.2, -0.15) is 0 Å². The van der Waals surface area contributed by atoms with E-state index >= 15 is 0 Å². The number of amides is 1.